The van der Waals surface area contributed by atoms with Gasteiger partial charge in [-0.3, -0.25) is 0 Å². The molecule has 9 heteroatoms. The number of hydrogen-bond acceptors (Lipinski definition) is 9. The van der Waals surface area contributed by atoms with Gasteiger partial charge in [0.2, 0.25) is 0 Å². The summed E-state index contributed by atoms with van der Waals surface area (Å²) < 4.78 is 30.2. The molecule has 1 spiro atoms. The molecular weight excluding hydrogens is 492 g/mol. The van der Waals surface area contributed by atoms with Gasteiger partial charge in [-0.05, 0) is 32.6 Å². The van der Waals surface area contributed by atoms with Crippen LogP contribution in [0.3, 0.4) is 0 Å². The van der Waals surface area contributed by atoms with Crippen LogP contribution in [0.1, 0.15) is 47.0 Å². The molecule has 2 bridgehead atoms. The van der Waals surface area contributed by atoms with E-state index in [-0.39, 0.29) is 37.3 Å². The summed E-state index contributed by atoms with van der Waals surface area (Å²) in [6.07, 6.45) is 6.54. The smallest absolute Gasteiger partial charge is 0.335 e. The SMILES string of the molecule is CC1=C[C@@H]2O[C@@H]3C[C@H]4OC(=O)/C=C\C=C\[C@@H]([C@H](C)O)OCC[C@@H](C)[C@H](O)C(=O)OC[C@H](C1)[C@H]2[C@]4(C)[C@@]31CO1. The molecule has 0 radical (unpaired) electrons. The summed E-state index contributed by atoms with van der Waals surface area (Å²) in [5.74, 6) is -1.71. The van der Waals surface area contributed by atoms with Crippen LogP contribution in [-0.4, -0.2) is 84.2 Å². The third-order valence-corrected chi connectivity index (χ3v) is 9.37. The van der Waals surface area contributed by atoms with E-state index in [4.69, 9.17) is 23.7 Å². The van der Waals surface area contributed by atoms with E-state index in [9.17, 15) is 19.8 Å². The van der Waals surface area contributed by atoms with Crippen molar-refractivity contribution in [2.24, 2.45) is 23.2 Å². The largest absolute Gasteiger partial charge is 0.463 e. The first-order valence-corrected chi connectivity index (χ1v) is 13.7. The number of carbonyl (C=O) groups excluding carboxylic acids is 2. The first-order chi connectivity index (χ1) is 18.1. The van der Waals surface area contributed by atoms with Crippen molar-refractivity contribution in [2.75, 3.05) is 19.8 Å². The van der Waals surface area contributed by atoms with E-state index in [0.717, 1.165) is 5.57 Å². The predicted octanol–water partition coefficient (Wildman–Crippen LogP) is 2.25. The van der Waals surface area contributed by atoms with E-state index < -0.39 is 53.3 Å². The highest BCUT2D eigenvalue weighted by Crippen LogP contribution is 2.68. The van der Waals surface area contributed by atoms with Gasteiger partial charge in [0.05, 0.1) is 31.5 Å². The molecule has 3 fully saturated rings. The van der Waals surface area contributed by atoms with Crippen LogP contribution in [0.25, 0.3) is 0 Å². The average Bonchev–Trinajstić information content (AvgIpc) is 3.65. The van der Waals surface area contributed by atoms with Crippen LogP contribution >= 0.6 is 0 Å². The molecule has 0 aromatic heterocycles. The second-order valence-electron chi connectivity index (χ2n) is 11.9. The zero-order valence-electron chi connectivity index (χ0n) is 22.6. The summed E-state index contributed by atoms with van der Waals surface area (Å²) in [5, 5.41) is 20.7. The monoisotopic (exact) mass is 532 g/mol. The van der Waals surface area contributed by atoms with Crippen molar-refractivity contribution in [3.8, 4) is 0 Å². The molecule has 11 atom stereocenters. The summed E-state index contributed by atoms with van der Waals surface area (Å²) in [6, 6.07) is 0. The van der Waals surface area contributed by atoms with Crippen LogP contribution < -0.4 is 0 Å². The van der Waals surface area contributed by atoms with E-state index in [2.05, 4.69) is 13.0 Å². The fraction of sp³-hybridized carbons (Fsp3) is 0.724. The van der Waals surface area contributed by atoms with Crippen LogP contribution in [0.4, 0.5) is 0 Å². The number of aliphatic hydroxyl groups is 2. The van der Waals surface area contributed by atoms with E-state index in [1.807, 2.05) is 6.92 Å². The van der Waals surface area contributed by atoms with Gasteiger partial charge in [-0.1, -0.05) is 43.7 Å². The Kier molecular flexibility index (Phi) is 7.61. The Labute approximate surface area is 223 Å². The molecule has 38 heavy (non-hydrogen) atoms. The van der Waals surface area contributed by atoms with Gasteiger partial charge in [0.1, 0.15) is 17.8 Å². The number of esters is 2. The van der Waals surface area contributed by atoms with E-state index in [0.29, 0.717) is 25.9 Å². The number of carbonyl (C=O) groups is 2. The fourth-order valence-electron chi connectivity index (χ4n) is 7.12. The number of epoxide rings is 1. The maximum atomic E-state index is 12.9. The maximum absolute atomic E-state index is 12.9. The van der Waals surface area contributed by atoms with Gasteiger partial charge < -0.3 is 33.9 Å². The second kappa shape index (κ2) is 10.5. The minimum atomic E-state index is -1.29. The zero-order chi connectivity index (χ0) is 27.2. The Morgan fingerprint density at radius 2 is 1.95 bits per heavy atom. The number of allylic oxidation sites excluding steroid dienone is 3. The Bertz CT molecular complexity index is 1010. The number of cyclic esters (lactones) is 1. The molecule has 2 aliphatic carbocycles. The predicted molar refractivity (Wildman–Crippen MR) is 136 cm³/mol. The van der Waals surface area contributed by atoms with Crippen molar-refractivity contribution in [2.45, 2.75) is 89.2 Å². The molecule has 1 saturated carbocycles. The minimum absolute atomic E-state index is 0.0847. The van der Waals surface area contributed by atoms with Gasteiger partial charge in [0, 0.05) is 36.4 Å². The third-order valence-electron chi connectivity index (χ3n) is 9.37. The molecular formula is C29H40O9. The molecule has 0 unspecified atom stereocenters. The summed E-state index contributed by atoms with van der Waals surface area (Å²) in [5.41, 5.74) is 0.0933. The van der Waals surface area contributed by atoms with Crippen LogP contribution in [0.15, 0.2) is 36.0 Å². The fourth-order valence-corrected chi connectivity index (χ4v) is 7.12. The van der Waals surface area contributed by atoms with E-state index in [1.54, 1.807) is 32.1 Å². The lowest BCUT2D eigenvalue weighted by molar-refractivity contribution is -0.189. The summed E-state index contributed by atoms with van der Waals surface area (Å²) in [7, 11) is 0. The first kappa shape index (κ1) is 27.5. The molecule has 2 saturated heterocycles. The lowest BCUT2D eigenvalue weighted by Crippen LogP contribution is -2.60. The molecule has 5 rings (SSSR count). The Morgan fingerprint density at radius 3 is 2.66 bits per heavy atom. The molecule has 9 nitrogen and oxygen atoms in total. The van der Waals surface area contributed by atoms with Crippen molar-refractivity contribution in [1.29, 1.82) is 0 Å². The summed E-state index contributed by atoms with van der Waals surface area (Å²) >= 11 is 0. The van der Waals surface area contributed by atoms with E-state index >= 15 is 0 Å². The molecule has 0 aromatic rings. The topological polar surface area (TPSA) is 124 Å². The van der Waals surface area contributed by atoms with Gasteiger partial charge in [-0.15, -0.1) is 0 Å². The minimum Gasteiger partial charge on any atom is -0.463 e. The molecule has 2 N–H and O–H groups in total. The van der Waals surface area contributed by atoms with Crippen molar-refractivity contribution >= 4 is 11.9 Å². The van der Waals surface area contributed by atoms with Crippen LogP contribution in [0, 0.1) is 23.2 Å². The van der Waals surface area contributed by atoms with Crippen molar-refractivity contribution < 1.29 is 43.5 Å². The number of aliphatic hydroxyl groups excluding tert-OH is 2. The summed E-state index contributed by atoms with van der Waals surface area (Å²) in [6.45, 7) is 8.44. The molecule has 5 aliphatic rings. The van der Waals surface area contributed by atoms with Gasteiger partial charge in [-0.25, -0.2) is 9.59 Å². The molecule has 3 heterocycles. The highest BCUT2D eigenvalue weighted by Gasteiger charge is 2.79. The lowest BCUT2D eigenvalue weighted by atomic mass is 9.57. The lowest BCUT2D eigenvalue weighted by Gasteiger charge is -2.52. The number of rotatable bonds is 1. The van der Waals surface area contributed by atoms with Gasteiger partial charge in [0.15, 0.2) is 6.10 Å². The Hall–Kier alpha value is -2.04. The highest BCUT2D eigenvalue weighted by atomic mass is 16.6. The standard InChI is InChI=1S/C29H40O9/c1-16-11-19-14-35-27(33)26(32)17(2)9-10-34-20(18(3)30)7-5-6-8-24(31)38-22-13-23-29(15-36-29)28(22,4)25(19)21(12-16)37-23/h5-8,12,17-23,25-26,30,32H,9-11,13-15H2,1-4H3/b7-5+,8-6-/t17-,18+,19+,20+,21+,22-,23-,25-,26+,28-,29-/m1/s1. The highest BCUT2D eigenvalue weighted by molar-refractivity contribution is 5.82. The number of hydrogen-bond donors (Lipinski definition) is 2. The maximum Gasteiger partial charge on any atom is 0.335 e. The number of ether oxygens (including phenoxy) is 5. The van der Waals surface area contributed by atoms with Gasteiger partial charge >= 0.3 is 11.9 Å². The quantitative estimate of drug-likeness (QED) is 0.297. The van der Waals surface area contributed by atoms with Crippen molar-refractivity contribution in [1.82, 2.24) is 0 Å². The van der Waals surface area contributed by atoms with Crippen molar-refractivity contribution in [3.63, 3.8) is 0 Å². The average molecular weight is 533 g/mol. The summed E-state index contributed by atoms with van der Waals surface area (Å²) in [4.78, 5) is 25.7. The molecule has 210 valence electrons. The van der Waals surface area contributed by atoms with Crippen LogP contribution in [-0.2, 0) is 33.3 Å². The van der Waals surface area contributed by atoms with Crippen LogP contribution in [0.5, 0.6) is 0 Å². The Morgan fingerprint density at radius 1 is 1.18 bits per heavy atom. The van der Waals surface area contributed by atoms with Crippen molar-refractivity contribution in [3.05, 3.63) is 36.0 Å². The van der Waals surface area contributed by atoms with Gasteiger partial charge in [-0.2, -0.15) is 0 Å². The van der Waals surface area contributed by atoms with Crippen LogP contribution in [0.2, 0.25) is 0 Å². The second-order valence-corrected chi connectivity index (χ2v) is 11.9. The van der Waals surface area contributed by atoms with Gasteiger partial charge in [0.25, 0.3) is 0 Å². The Balaban J connectivity index is 1.45. The normalized spacial score (nSPS) is 48.0. The molecule has 3 aliphatic heterocycles. The third kappa shape index (κ3) is 4.77. The van der Waals surface area contributed by atoms with E-state index in [1.165, 1.54) is 6.08 Å². The molecule has 0 amide bonds. The zero-order valence-corrected chi connectivity index (χ0v) is 22.6. The molecule has 0 aromatic carbocycles. The first-order valence-electron chi connectivity index (χ1n) is 13.7.